The third-order valence-electron chi connectivity index (χ3n) is 4.41. The van der Waals surface area contributed by atoms with Gasteiger partial charge in [0.2, 0.25) is 5.91 Å². The summed E-state index contributed by atoms with van der Waals surface area (Å²) in [6, 6.07) is 0.259. The zero-order valence-corrected chi connectivity index (χ0v) is 12.3. The molecule has 1 amide bonds. The molecular formula is C14H27ClN2O. The predicted molar refractivity (Wildman–Crippen MR) is 76.8 cm³/mol. The molecule has 2 rings (SSSR count). The lowest BCUT2D eigenvalue weighted by molar-refractivity contribution is -0.134. The van der Waals surface area contributed by atoms with E-state index in [9.17, 15) is 4.79 Å². The molecule has 0 aromatic rings. The highest BCUT2D eigenvalue weighted by Crippen LogP contribution is 2.27. The Morgan fingerprint density at radius 1 is 1.22 bits per heavy atom. The highest BCUT2D eigenvalue weighted by Gasteiger charge is 2.27. The van der Waals surface area contributed by atoms with Crippen LogP contribution in [0.4, 0.5) is 0 Å². The highest BCUT2D eigenvalue weighted by atomic mass is 35.5. The Kier molecular flexibility index (Phi) is 6.44. The lowest BCUT2D eigenvalue weighted by atomic mass is 9.82. The van der Waals surface area contributed by atoms with E-state index in [0.717, 1.165) is 25.9 Å². The van der Waals surface area contributed by atoms with Gasteiger partial charge in [-0.1, -0.05) is 19.8 Å². The number of carbonyl (C=O) groups excluding carboxylic acids is 1. The maximum absolute atomic E-state index is 12.2. The van der Waals surface area contributed by atoms with Gasteiger partial charge in [0.05, 0.1) is 0 Å². The van der Waals surface area contributed by atoms with Crippen LogP contribution in [-0.4, -0.2) is 29.9 Å². The van der Waals surface area contributed by atoms with Crippen LogP contribution in [-0.2, 0) is 4.79 Å². The third kappa shape index (κ3) is 4.13. The fourth-order valence-corrected chi connectivity index (χ4v) is 3.26. The molecule has 0 bridgehead atoms. The van der Waals surface area contributed by atoms with Gasteiger partial charge in [-0.25, -0.2) is 0 Å². The minimum atomic E-state index is 0. The normalized spacial score (nSPS) is 32.8. The molecule has 1 saturated carbocycles. The second kappa shape index (κ2) is 7.34. The molecule has 4 heteroatoms. The van der Waals surface area contributed by atoms with Gasteiger partial charge >= 0.3 is 0 Å². The van der Waals surface area contributed by atoms with Crippen LogP contribution in [0.3, 0.4) is 0 Å². The Balaban J connectivity index is 0.00000162. The van der Waals surface area contributed by atoms with Crippen molar-refractivity contribution in [1.82, 2.24) is 4.90 Å². The van der Waals surface area contributed by atoms with Crippen LogP contribution in [0.1, 0.15) is 51.9 Å². The number of hydrogen-bond acceptors (Lipinski definition) is 2. The summed E-state index contributed by atoms with van der Waals surface area (Å²) in [6.07, 6.45) is 7.88. The summed E-state index contributed by atoms with van der Waals surface area (Å²) in [6.45, 7) is 4.16. The van der Waals surface area contributed by atoms with Gasteiger partial charge in [-0.05, 0) is 37.5 Å². The van der Waals surface area contributed by atoms with Crippen molar-refractivity contribution < 1.29 is 4.79 Å². The summed E-state index contributed by atoms with van der Waals surface area (Å²) in [4.78, 5) is 14.3. The minimum Gasteiger partial charge on any atom is -0.342 e. The smallest absolute Gasteiger partial charge is 0.222 e. The monoisotopic (exact) mass is 274 g/mol. The van der Waals surface area contributed by atoms with Crippen LogP contribution in [0.2, 0.25) is 0 Å². The molecule has 3 atom stereocenters. The molecule has 0 aromatic heterocycles. The van der Waals surface area contributed by atoms with Crippen LogP contribution in [0.15, 0.2) is 0 Å². The first-order valence-electron chi connectivity index (χ1n) is 7.20. The molecule has 3 unspecified atom stereocenters. The number of rotatable bonds is 2. The molecular weight excluding hydrogens is 248 g/mol. The molecule has 1 aliphatic carbocycles. The Morgan fingerprint density at radius 2 is 1.94 bits per heavy atom. The predicted octanol–water partition coefficient (Wildman–Crippen LogP) is 2.57. The van der Waals surface area contributed by atoms with Crippen molar-refractivity contribution >= 4 is 18.3 Å². The maximum Gasteiger partial charge on any atom is 0.222 e. The van der Waals surface area contributed by atoms with Crippen LogP contribution in [0.25, 0.3) is 0 Å². The summed E-state index contributed by atoms with van der Waals surface area (Å²) >= 11 is 0. The van der Waals surface area contributed by atoms with E-state index in [0.29, 0.717) is 24.2 Å². The molecule has 18 heavy (non-hydrogen) atoms. The Bertz CT molecular complexity index is 273. The average Bonchev–Trinajstić information content (AvgIpc) is 2.32. The molecule has 106 valence electrons. The summed E-state index contributed by atoms with van der Waals surface area (Å²) in [5, 5.41) is 0. The molecule has 1 aliphatic heterocycles. The second-order valence-electron chi connectivity index (χ2n) is 6.00. The maximum atomic E-state index is 12.2. The molecule has 2 N–H and O–H groups in total. The summed E-state index contributed by atoms with van der Waals surface area (Å²) < 4.78 is 0. The first-order chi connectivity index (χ1) is 8.16. The molecule has 2 aliphatic rings. The van der Waals surface area contributed by atoms with E-state index in [1.165, 1.54) is 25.7 Å². The van der Waals surface area contributed by atoms with Gasteiger partial charge in [0.25, 0.3) is 0 Å². The molecule has 1 saturated heterocycles. The number of piperidine rings is 1. The Labute approximate surface area is 117 Å². The van der Waals surface area contributed by atoms with Gasteiger partial charge < -0.3 is 10.6 Å². The minimum absolute atomic E-state index is 0. The van der Waals surface area contributed by atoms with Crippen molar-refractivity contribution in [3.8, 4) is 0 Å². The molecule has 1 heterocycles. The SMILES string of the molecule is CC1CCCN(C(=O)CC2CCCCC2N)C1.Cl. The van der Waals surface area contributed by atoms with Crippen LogP contribution < -0.4 is 5.73 Å². The third-order valence-corrected chi connectivity index (χ3v) is 4.41. The van der Waals surface area contributed by atoms with E-state index in [1.807, 2.05) is 0 Å². The highest BCUT2D eigenvalue weighted by molar-refractivity contribution is 5.85. The van der Waals surface area contributed by atoms with Gasteiger partial charge in [-0.3, -0.25) is 4.79 Å². The van der Waals surface area contributed by atoms with E-state index < -0.39 is 0 Å². The van der Waals surface area contributed by atoms with Gasteiger partial charge in [-0.15, -0.1) is 12.4 Å². The van der Waals surface area contributed by atoms with Crippen LogP contribution in [0, 0.1) is 11.8 Å². The van der Waals surface area contributed by atoms with Crippen molar-refractivity contribution in [3.05, 3.63) is 0 Å². The zero-order valence-electron chi connectivity index (χ0n) is 11.4. The van der Waals surface area contributed by atoms with E-state index in [4.69, 9.17) is 5.73 Å². The number of nitrogens with two attached hydrogens (primary N) is 1. The molecule has 0 aromatic carbocycles. The number of carbonyl (C=O) groups is 1. The number of amides is 1. The summed E-state index contributed by atoms with van der Waals surface area (Å²) in [7, 11) is 0. The van der Waals surface area contributed by atoms with Crippen molar-refractivity contribution in [2.75, 3.05) is 13.1 Å². The van der Waals surface area contributed by atoms with Crippen molar-refractivity contribution in [3.63, 3.8) is 0 Å². The van der Waals surface area contributed by atoms with Crippen LogP contribution in [0.5, 0.6) is 0 Å². The van der Waals surface area contributed by atoms with E-state index >= 15 is 0 Å². The van der Waals surface area contributed by atoms with Crippen molar-refractivity contribution in [2.45, 2.75) is 57.9 Å². The van der Waals surface area contributed by atoms with E-state index in [1.54, 1.807) is 0 Å². The first-order valence-corrected chi connectivity index (χ1v) is 7.20. The fourth-order valence-electron chi connectivity index (χ4n) is 3.26. The van der Waals surface area contributed by atoms with Gasteiger partial charge in [0, 0.05) is 25.6 Å². The van der Waals surface area contributed by atoms with Crippen LogP contribution >= 0.6 is 12.4 Å². The number of halogens is 1. The van der Waals surface area contributed by atoms with E-state index in [-0.39, 0.29) is 18.4 Å². The van der Waals surface area contributed by atoms with Crippen molar-refractivity contribution in [2.24, 2.45) is 17.6 Å². The van der Waals surface area contributed by atoms with Gasteiger partial charge in [0.15, 0.2) is 0 Å². The Hall–Kier alpha value is -0.280. The summed E-state index contributed by atoms with van der Waals surface area (Å²) in [5.41, 5.74) is 6.11. The molecule has 0 radical (unpaired) electrons. The van der Waals surface area contributed by atoms with Gasteiger partial charge in [-0.2, -0.15) is 0 Å². The van der Waals surface area contributed by atoms with Gasteiger partial charge in [0.1, 0.15) is 0 Å². The largest absolute Gasteiger partial charge is 0.342 e. The lowest BCUT2D eigenvalue weighted by Gasteiger charge is -2.34. The lowest BCUT2D eigenvalue weighted by Crippen LogP contribution is -2.42. The molecule has 3 nitrogen and oxygen atoms in total. The first kappa shape index (κ1) is 15.8. The average molecular weight is 275 g/mol. The Morgan fingerprint density at radius 3 is 2.61 bits per heavy atom. The standard InChI is InChI=1S/C14H26N2O.ClH/c1-11-5-4-8-16(10-11)14(17)9-12-6-2-3-7-13(12)15;/h11-13H,2-10,15H2,1H3;1H. The van der Waals surface area contributed by atoms with E-state index in [2.05, 4.69) is 11.8 Å². The molecule has 0 spiro atoms. The number of nitrogens with zero attached hydrogens (tertiary/aromatic N) is 1. The second-order valence-corrected chi connectivity index (χ2v) is 6.00. The quantitative estimate of drug-likeness (QED) is 0.841. The number of hydrogen-bond donors (Lipinski definition) is 1. The zero-order chi connectivity index (χ0) is 12.3. The fraction of sp³-hybridized carbons (Fsp3) is 0.929. The topological polar surface area (TPSA) is 46.3 Å². The molecule has 2 fully saturated rings. The number of likely N-dealkylation sites (tertiary alicyclic amines) is 1. The summed E-state index contributed by atoms with van der Waals surface area (Å²) in [5.74, 6) is 1.46. The van der Waals surface area contributed by atoms with Crippen molar-refractivity contribution in [1.29, 1.82) is 0 Å².